The topological polar surface area (TPSA) is 63.3 Å². The number of hydrogen-bond donors (Lipinski definition) is 2. The molecule has 18 heavy (non-hydrogen) atoms. The standard InChI is InChI=1S/C9H14O2.C6H7N/c10-9(11)8-5-6-1-3-7(8)4-2-6;7-6-4-2-1-3-5-6/h6-8H,1-5H2,(H,10,11);1-5H,7H2. The number of carboxylic acids is 1. The average molecular weight is 247 g/mol. The van der Waals surface area contributed by atoms with Crippen molar-refractivity contribution < 1.29 is 9.90 Å². The second-order valence-corrected chi connectivity index (χ2v) is 5.37. The van der Waals surface area contributed by atoms with Crippen LogP contribution in [-0.2, 0) is 4.79 Å². The van der Waals surface area contributed by atoms with Crippen molar-refractivity contribution in [2.75, 3.05) is 5.73 Å². The Balaban J connectivity index is 0.000000149. The molecule has 0 radical (unpaired) electrons. The first-order chi connectivity index (χ1) is 8.66. The molecule has 98 valence electrons. The second kappa shape index (κ2) is 5.89. The van der Waals surface area contributed by atoms with E-state index in [0.29, 0.717) is 5.92 Å². The summed E-state index contributed by atoms with van der Waals surface area (Å²) in [5.74, 6) is 0.695. The lowest BCUT2D eigenvalue weighted by Gasteiger charge is -2.40. The Kier molecular flexibility index (Phi) is 4.24. The van der Waals surface area contributed by atoms with Crippen LogP contribution in [0.25, 0.3) is 0 Å². The summed E-state index contributed by atoms with van der Waals surface area (Å²) in [6, 6.07) is 9.49. The van der Waals surface area contributed by atoms with Crippen LogP contribution in [0.2, 0.25) is 0 Å². The maximum Gasteiger partial charge on any atom is 0.306 e. The van der Waals surface area contributed by atoms with E-state index in [1.54, 1.807) is 0 Å². The minimum Gasteiger partial charge on any atom is -0.481 e. The van der Waals surface area contributed by atoms with Gasteiger partial charge >= 0.3 is 5.97 Å². The zero-order valence-corrected chi connectivity index (χ0v) is 10.6. The summed E-state index contributed by atoms with van der Waals surface area (Å²) in [5.41, 5.74) is 6.18. The number of benzene rings is 1. The van der Waals surface area contributed by atoms with Crippen LogP contribution in [-0.4, -0.2) is 11.1 Å². The number of fused-ring (bicyclic) bond motifs is 3. The van der Waals surface area contributed by atoms with E-state index in [0.717, 1.165) is 18.0 Å². The van der Waals surface area contributed by atoms with Gasteiger partial charge < -0.3 is 10.8 Å². The Hall–Kier alpha value is -1.51. The molecule has 3 aliphatic rings. The van der Waals surface area contributed by atoms with E-state index in [9.17, 15) is 4.79 Å². The van der Waals surface area contributed by atoms with Gasteiger partial charge in [0.2, 0.25) is 0 Å². The van der Waals surface area contributed by atoms with Crippen molar-refractivity contribution in [3.63, 3.8) is 0 Å². The number of carbonyl (C=O) groups is 1. The molecule has 1 aromatic rings. The van der Waals surface area contributed by atoms with Gasteiger partial charge in [-0.1, -0.05) is 31.0 Å². The van der Waals surface area contributed by atoms with Gasteiger partial charge in [0, 0.05) is 5.69 Å². The number of rotatable bonds is 1. The zero-order valence-electron chi connectivity index (χ0n) is 10.6. The molecule has 3 aliphatic carbocycles. The summed E-state index contributed by atoms with van der Waals surface area (Å²) in [4.78, 5) is 10.7. The zero-order chi connectivity index (χ0) is 13.0. The molecule has 0 spiro atoms. The number of nitrogens with two attached hydrogens (primary N) is 1. The summed E-state index contributed by atoms with van der Waals surface area (Å²) >= 11 is 0. The molecule has 3 heteroatoms. The van der Waals surface area contributed by atoms with Crippen molar-refractivity contribution in [3.8, 4) is 0 Å². The fourth-order valence-corrected chi connectivity index (χ4v) is 3.13. The average Bonchev–Trinajstić information content (AvgIpc) is 2.41. The van der Waals surface area contributed by atoms with Crippen molar-refractivity contribution >= 4 is 11.7 Å². The highest BCUT2D eigenvalue weighted by molar-refractivity contribution is 5.70. The Morgan fingerprint density at radius 1 is 1.11 bits per heavy atom. The van der Waals surface area contributed by atoms with Crippen LogP contribution in [0.5, 0.6) is 0 Å². The number of aliphatic carboxylic acids is 1. The number of anilines is 1. The molecule has 2 bridgehead atoms. The highest BCUT2D eigenvalue weighted by Crippen LogP contribution is 2.44. The molecule has 1 unspecified atom stereocenters. The van der Waals surface area contributed by atoms with Gasteiger partial charge in [-0.3, -0.25) is 4.79 Å². The third kappa shape index (κ3) is 3.25. The van der Waals surface area contributed by atoms with Gasteiger partial charge in [-0.25, -0.2) is 0 Å². The smallest absolute Gasteiger partial charge is 0.306 e. The highest BCUT2D eigenvalue weighted by Gasteiger charge is 2.39. The molecule has 3 nitrogen and oxygen atoms in total. The monoisotopic (exact) mass is 247 g/mol. The van der Waals surface area contributed by atoms with E-state index in [2.05, 4.69) is 0 Å². The maximum atomic E-state index is 10.7. The minimum absolute atomic E-state index is 0.00231. The predicted octanol–water partition coefficient (Wildman–Crippen LogP) is 3.17. The highest BCUT2D eigenvalue weighted by atomic mass is 16.4. The third-order valence-electron chi connectivity index (χ3n) is 4.16. The van der Waals surface area contributed by atoms with Crippen molar-refractivity contribution in [1.82, 2.24) is 0 Å². The van der Waals surface area contributed by atoms with E-state index < -0.39 is 5.97 Å². The fraction of sp³-hybridized carbons (Fsp3) is 0.533. The first-order valence-electron chi connectivity index (χ1n) is 6.70. The SMILES string of the molecule is Nc1ccccc1.O=C(O)C1CC2CCC1CC2. The number of carboxylic acid groups (broad SMARTS) is 1. The van der Waals surface area contributed by atoms with Gasteiger partial charge in [0.25, 0.3) is 0 Å². The molecule has 0 heterocycles. The van der Waals surface area contributed by atoms with Gasteiger partial charge in [-0.15, -0.1) is 0 Å². The van der Waals surface area contributed by atoms with E-state index in [1.807, 2.05) is 30.3 Å². The Bertz CT molecular complexity index is 383. The minimum atomic E-state index is -0.556. The van der Waals surface area contributed by atoms with Gasteiger partial charge in [-0.05, 0) is 43.2 Å². The van der Waals surface area contributed by atoms with Crippen LogP contribution in [0.15, 0.2) is 30.3 Å². The molecule has 3 fully saturated rings. The van der Waals surface area contributed by atoms with E-state index in [4.69, 9.17) is 10.8 Å². The molecule has 3 saturated carbocycles. The lowest BCUT2D eigenvalue weighted by atomic mass is 9.65. The van der Waals surface area contributed by atoms with Gasteiger partial charge in [-0.2, -0.15) is 0 Å². The van der Waals surface area contributed by atoms with Crippen molar-refractivity contribution in [3.05, 3.63) is 30.3 Å². The predicted molar refractivity (Wildman–Crippen MR) is 72.0 cm³/mol. The lowest BCUT2D eigenvalue weighted by Crippen LogP contribution is -2.35. The summed E-state index contributed by atoms with van der Waals surface area (Å²) in [7, 11) is 0. The quantitative estimate of drug-likeness (QED) is 0.749. The molecule has 1 atom stereocenters. The Morgan fingerprint density at radius 2 is 1.72 bits per heavy atom. The molecule has 0 amide bonds. The van der Waals surface area contributed by atoms with Crippen LogP contribution in [0.3, 0.4) is 0 Å². The number of hydrogen-bond acceptors (Lipinski definition) is 2. The molecular weight excluding hydrogens is 226 g/mol. The first-order valence-corrected chi connectivity index (χ1v) is 6.70. The van der Waals surface area contributed by atoms with Crippen molar-refractivity contribution in [2.24, 2.45) is 17.8 Å². The Morgan fingerprint density at radius 3 is 2.00 bits per heavy atom. The van der Waals surface area contributed by atoms with Crippen molar-refractivity contribution in [2.45, 2.75) is 32.1 Å². The Labute approximate surface area is 108 Å². The van der Waals surface area contributed by atoms with Crippen LogP contribution in [0, 0.1) is 17.8 Å². The molecule has 0 saturated heterocycles. The van der Waals surface area contributed by atoms with E-state index in [1.165, 1.54) is 25.7 Å². The molecular formula is C15H21NO2. The molecule has 0 aromatic heterocycles. The largest absolute Gasteiger partial charge is 0.481 e. The van der Waals surface area contributed by atoms with Crippen LogP contribution >= 0.6 is 0 Å². The van der Waals surface area contributed by atoms with E-state index >= 15 is 0 Å². The van der Waals surface area contributed by atoms with Gasteiger partial charge in [0.15, 0.2) is 0 Å². The second-order valence-electron chi connectivity index (χ2n) is 5.37. The molecule has 1 aromatic carbocycles. The summed E-state index contributed by atoms with van der Waals surface area (Å²) in [6.07, 6.45) is 5.87. The van der Waals surface area contributed by atoms with E-state index in [-0.39, 0.29) is 5.92 Å². The molecule has 3 N–H and O–H groups in total. The first kappa shape index (κ1) is 12.9. The van der Waals surface area contributed by atoms with Gasteiger partial charge in [0.05, 0.1) is 5.92 Å². The van der Waals surface area contributed by atoms with Gasteiger partial charge in [0.1, 0.15) is 0 Å². The number of para-hydroxylation sites is 1. The summed E-state index contributed by atoms with van der Waals surface area (Å²) < 4.78 is 0. The lowest BCUT2D eigenvalue weighted by molar-refractivity contribution is -0.147. The van der Waals surface area contributed by atoms with Crippen LogP contribution in [0.4, 0.5) is 5.69 Å². The molecule has 0 aliphatic heterocycles. The normalized spacial score (nSPS) is 29.2. The fourth-order valence-electron chi connectivity index (χ4n) is 3.13. The van der Waals surface area contributed by atoms with Crippen LogP contribution < -0.4 is 5.73 Å². The van der Waals surface area contributed by atoms with Crippen LogP contribution in [0.1, 0.15) is 32.1 Å². The summed E-state index contributed by atoms with van der Waals surface area (Å²) in [6.45, 7) is 0. The third-order valence-corrected chi connectivity index (χ3v) is 4.16. The molecule has 4 rings (SSSR count). The maximum absolute atomic E-state index is 10.7. The van der Waals surface area contributed by atoms with Crippen molar-refractivity contribution in [1.29, 1.82) is 0 Å². The summed E-state index contributed by atoms with van der Waals surface area (Å²) in [5, 5.41) is 8.86. The number of nitrogen functional groups attached to an aromatic ring is 1.